The number of amides is 2. The molecule has 5 nitrogen and oxygen atoms in total. The van der Waals surface area contributed by atoms with E-state index in [1.807, 2.05) is 0 Å². The summed E-state index contributed by atoms with van der Waals surface area (Å²) < 4.78 is 1.49. The van der Waals surface area contributed by atoms with Crippen molar-refractivity contribution in [1.29, 1.82) is 0 Å². The first-order chi connectivity index (χ1) is 8.28. The molecule has 1 aromatic rings. The number of hydrogen-bond donors (Lipinski definition) is 2. The highest BCUT2D eigenvalue weighted by Crippen LogP contribution is 2.09. The van der Waals surface area contributed by atoms with Gasteiger partial charge in [-0.2, -0.15) is 0 Å². The van der Waals surface area contributed by atoms with Crippen molar-refractivity contribution in [2.45, 2.75) is 27.3 Å². The molecule has 0 aliphatic carbocycles. The van der Waals surface area contributed by atoms with E-state index in [-0.39, 0.29) is 17.0 Å². The van der Waals surface area contributed by atoms with Crippen LogP contribution in [0.2, 0.25) is 0 Å². The first-order valence-electron chi connectivity index (χ1n) is 5.95. The lowest BCUT2D eigenvalue weighted by Crippen LogP contribution is -2.39. The molecule has 0 spiro atoms. The van der Waals surface area contributed by atoms with Crippen LogP contribution < -0.4 is 16.2 Å². The third kappa shape index (κ3) is 5.03. The number of carbonyl (C=O) groups excluding carboxylic acids is 1. The zero-order valence-corrected chi connectivity index (χ0v) is 11.4. The van der Waals surface area contributed by atoms with Crippen LogP contribution in [-0.4, -0.2) is 17.1 Å². The minimum atomic E-state index is -0.196. The van der Waals surface area contributed by atoms with Gasteiger partial charge in [0.15, 0.2) is 0 Å². The third-order valence-electron chi connectivity index (χ3n) is 2.38. The number of hydrogen-bond acceptors (Lipinski definition) is 2. The summed E-state index contributed by atoms with van der Waals surface area (Å²) in [5, 5.41) is 5.55. The van der Waals surface area contributed by atoms with E-state index in [1.54, 1.807) is 19.3 Å². The summed E-state index contributed by atoms with van der Waals surface area (Å²) >= 11 is 0. The van der Waals surface area contributed by atoms with Crippen LogP contribution in [0.25, 0.3) is 0 Å². The number of aryl methyl sites for hydroxylation is 1. The first kappa shape index (κ1) is 14.3. The monoisotopic (exact) mass is 251 g/mol. The molecular weight excluding hydrogens is 230 g/mol. The van der Waals surface area contributed by atoms with E-state index in [1.165, 1.54) is 10.6 Å². The van der Waals surface area contributed by atoms with Gasteiger partial charge in [-0.05, 0) is 11.0 Å². The minimum absolute atomic E-state index is 0.0593. The van der Waals surface area contributed by atoms with Crippen LogP contribution in [0.15, 0.2) is 23.1 Å². The Morgan fingerprint density at radius 1 is 1.28 bits per heavy atom. The normalized spacial score (nSPS) is 11.1. The van der Waals surface area contributed by atoms with E-state index < -0.39 is 0 Å². The number of rotatable bonds is 3. The van der Waals surface area contributed by atoms with Gasteiger partial charge in [0.1, 0.15) is 0 Å². The van der Waals surface area contributed by atoms with Crippen LogP contribution in [0.5, 0.6) is 0 Å². The summed E-state index contributed by atoms with van der Waals surface area (Å²) in [4.78, 5) is 22.7. The summed E-state index contributed by atoms with van der Waals surface area (Å²) in [6.07, 6.45) is 1.71. The lowest BCUT2D eigenvalue weighted by Gasteiger charge is -2.18. The average Bonchev–Trinajstić information content (AvgIpc) is 2.27. The quantitative estimate of drug-likeness (QED) is 0.848. The molecular formula is C13H21N3O2. The van der Waals surface area contributed by atoms with Gasteiger partial charge in [-0.15, -0.1) is 0 Å². The first-order valence-corrected chi connectivity index (χ1v) is 5.95. The Kier molecular flexibility index (Phi) is 4.53. The number of nitrogens with one attached hydrogen (secondary N) is 2. The Labute approximate surface area is 107 Å². The zero-order chi connectivity index (χ0) is 13.8. The highest BCUT2D eigenvalue weighted by atomic mass is 16.2. The number of nitrogens with zero attached hydrogens (tertiary/aromatic N) is 1. The molecule has 2 N–H and O–H groups in total. The average molecular weight is 251 g/mol. The number of urea groups is 1. The van der Waals surface area contributed by atoms with Crippen molar-refractivity contribution in [3.8, 4) is 0 Å². The molecule has 0 bridgehead atoms. The van der Waals surface area contributed by atoms with Crippen molar-refractivity contribution >= 4 is 6.03 Å². The molecule has 0 fully saturated rings. The van der Waals surface area contributed by atoms with Crippen molar-refractivity contribution in [3.63, 3.8) is 0 Å². The highest BCUT2D eigenvalue weighted by Gasteiger charge is 2.11. The fourth-order valence-electron chi connectivity index (χ4n) is 1.35. The van der Waals surface area contributed by atoms with Crippen molar-refractivity contribution in [1.82, 2.24) is 15.2 Å². The van der Waals surface area contributed by atoms with Crippen LogP contribution in [0.4, 0.5) is 4.79 Å². The molecule has 1 aromatic heterocycles. The standard InChI is InChI=1S/C13H21N3O2/c1-13(2,3)9-15-12(18)14-7-10-5-6-11(17)16(4)8-10/h5-6,8H,7,9H2,1-4H3,(H2,14,15,18). The van der Waals surface area contributed by atoms with E-state index in [4.69, 9.17) is 0 Å². The van der Waals surface area contributed by atoms with E-state index in [2.05, 4.69) is 31.4 Å². The maximum Gasteiger partial charge on any atom is 0.315 e. The van der Waals surface area contributed by atoms with Gasteiger partial charge in [-0.3, -0.25) is 4.79 Å². The Balaban J connectivity index is 2.43. The van der Waals surface area contributed by atoms with Gasteiger partial charge in [-0.1, -0.05) is 26.8 Å². The molecule has 100 valence electrons. The van der Waals surface area contributed by atoms with Crippen LogP contribution in [0, 0.1) is 5.41 Å². The number of aromatic nitrogens is 1. The highest BCUT2D eigenvalue weighted by molar-refractivity contribution is 5.73. The lowest BCUT2D eigenvalue weighted by molar-refractivity contribution is 0.235. The van der Waals surface area contributed by atoms with Gasteiger partial charge in [0.05, 0.1) is 0 Å². The summed E-state index contributed by atoms with van der Waals surface area (Å²) in [5.74, 6) is 0. The number of carbonyl (C=O) groups is 1. The van der Waals surface area contributed by atoms with Gasteiger partial charge >= 0.3 is 6.03 Å². The molecule has 1 heterocycles. The molecule has 0 saturated heterocycles. The summed E-state index contributed by atoms with van der Waals surface area (Å²) in [6, 6.07) is 3.01. The van der Waals surface area contributed by atoms with E-state index in [9.17, 15) is 9.59 Å². The van der Waals surface area contributed by atoms with Crippen molar-refractivity contribution in [3.05, 3.63) is 34.2 Å². The molecule has 18 heavy (non-hydrogen) atoms. The minimum Gasteiger partial charge on any atom is -0.338 e. The predicted octanol–water partition coefficient (Wildman–Crippen LogP) is 1.23. The Bertz CT molecular complexity index is 472. The maximum absolute atomic E-state index is 11.5. The molecule has 0 aliphatic rings. The predicted molar refractivity (Wildman–Crippen MR) is 71.4 cm³/mol. The molecule has 2 amide bonds. The van der Waals surface area contributed by atoms with Gasteiger partial charge in [0.25, 0.3) is 0 Å². The largest absolute Gasteiger partial charge is 0.338 e. The topological polar surface area (TPSA) is 63.1 Å². The fraction of sp³-hybridized carbons (Fsp3) is 0.538. The van der Waals surface area contributed by atoms with Gasteiger partial charge in [0, 0.05) is 32.4 Å². The Hall–Kier alpha value is -1.78. The molecule has 0 saturated carbocycles. The second-order valence-electron chi connectivity index (χ2n) is 5.58. The molecule has 5 heteroatoms. The van der Waals surface area contributed by atoms with Crippen LogP contribution in [0.3, 0.4) is 0 Å². The SMILES string of the molecule is Cn1cc(CNC(=O)NCC(C)(C)C)ccc1=O. The molecule has 1 rings (SSSR count). The van der Waals surface area contributed by atoms with Gasteiger partial charge < -0.3 is 15.2 Å². The second-order valence-corrected chi connectivity index (χ2v) is 5.58. The van der Waals surface area contributed by atoms with Crippen molar-refractivity contribution in [2.75, 3.05) is 6.54 Å². The van der Waals surface area contributed by atoms with Crippen LogP contribution >= 0.6 is 0 Å². The van der Waals surface area contributed by atoms with E-state index in [0.717, 1.165) is 5.56 Å². The third-order valence-corrected chi connectivity index (χ3v) is 2.38. The van der Waals surface area contributed by atoms with Crippen LogP contribution in [0.1, 0.15) is 26.3 Å². The smallest absolute Gasteiger partial charge is 0.315 e. The Morgan fingerprint density at radius 2 is 1.94 bits per heavy atom. The zero-order valence-electron chi connectivity index (χ0n) is 11.4. The van der Waals surface area contributed by atoms with Gasteiger partial charge in [0.2, 0.25) is 5.56 Å². The van der Waals surface area contributed by atoms with Crippen molar-refractivity contribution in [2.24, 2.45) is 12.5 Å². The van der Waals surface area contributed by atoms with E-state index >= 15 is 0 Å². The Morgan fingerprint density at radius 3 is 2.50 bits per heavy atom. The van der Waals surface area contributed by atoms with Gasteiger partial charge in [-0.25, -0.2) is 4.79 Å². The fourth-order valence-corrected chi connectivity index (χ4v) is 1.35. The second kappa shape index (κ2) is 5.71. The molecule has 0 unspecified atom stereocenters. The summed E-state index contributed by atoms with van der Waals surface area (Å²) in [7, 11) is 1.69. The lowest BCUT2D eigenvalue weighted by atomic mass is 9.97. The van der Waals surface area contributed by atoms with E-state index in [0.29, 0.717) is 13.1 Å². The van der Waals surface area contributed by atoms with Crippen LogP contribution in [-0.2, 0) is 13.6 Å². The number of pyridine rings is 1. The molecule has 0 aliphatic heterocycles. The molecule has 0 aromatic carbocycles. The molecule has 0 radical (unpaired) electrons. The summed E-state index contributed by atoms with van der Waals surface area (Å²) in [6.45, 7) is 7.19. The summed E-state index contributed by atoms with van der Waals surface area (Å²) in [5.41, 5.74) is 0.896. The van der Waals surface area contributed by atoms with Crippen molar-refractivity contribution < 1.29 is 4.79 Å². The molecule has 0 atom stereocenters. The maximum atomic E-state index is 11.5.